The van der Waals surface area contributed by atoms with Gasteiger partial charge in [-0.25, -0.2) is 8.42 Å². The van der Waals surface area contributed by atoms with Gasteiger partial charge in [0.2, 0.25) is 10.0 Å². The predicted octanol–water partition coefficient (Wildman–Crippen LogP) is 1.20. The van der Waals surface area contributed by atoms with Crippen LogP contribution in [-0.4, -0.2) is 43.1 Å². The molecular formula is C14H19NO4S. The van der Waals surface area contributed by atoms with Crippen LogP contribution in [0.2, 0.25) is 0 Å². The van der Waals surface area contributed by atoms with Gasteiger partial charge in [-0.2, -0.15) is 4.31 Å². The molecule has 0 aromatic heterocycles. The van der Waals surface area contributed by atoms with Crippen molar-refractivity contribution in [1.29, 1.82) is 0 Å². The second-order valence-electron chi connectivity index (χ2n) is 5.32. The molecule has 1 aromatic carbocycles. The molecule has 6 heteroatoms. The molecule has 5 nitrogen and oxygen atoms in total. The number of hydrogen-bond acceptors (Lipinski definition) is 4. The van der Waals surface area contributed by atoms with Crippen molar-refractivity contribution in [3.05, 3.63) is 35.9 Å². The molecule has 1 aliphatic rings. The summed E-state index contributed by atoms with van der Waals surface area (Å²) in [6.45, 7) is 3.49. The maximum absolute atomic E-state index is 12.4. The maximum Gasteiger partial charge on any atom is 0.327 e. The summed E-state index contributed by atoms with van der Waals surface area (Å²) < 4.78 is 31.1. The number of ether oxygens (including phenoxy) is 1. The van der Waals surface area contributed by atoms with Crippen LogP contribution in [0.5, 0.6) is 0 Å². The Labute approximate surface area is 119 Å². The molecule has 0 unspecified atom stereocenters. The van der Waals surface area contributed by atoms with E-state index in [0.717, 1.165) is 5.56 Å². The Morgan fingerprint density at radius 1 is 1.25 bits per heavy atom. The molecule has 1 aromatic rings. The highest BCUT2D eigenvalue weighted by Crippen LogP contribution is 2.24. The van der Waals surface area contributed by atoms with Crippen LogP contribution < -0.4 is 0 Å². The Bertz CT molecular complexity index is 580. The van der Waals surface area contributed by atoms with Crippen LogP contribution in [0, 0.1) is 0 Å². The third kappa shape index (κ3) is 3.02. The number of morpholine rings is 1. The van der Waals surface area contributed by atoms with Crippen molar-refractivity contribution in [3.8, 4) is 0 Å². The van der Waals surface area contributed by atoms with Crippen LogP contribution in [0.4, 0.5) is 0 Å². The second-order valence-corrected chi connectivity index (χ2v) is 7.33. The Balaban J connectivity index is 2.12. The van der Waals surface area contributed by atoms with Crippen molar-refractivity contribution in [2.45, 2.75) is 25.8 Å². The summed E-state index contributed by atoms with van der Waals surface area (Å²) in [4.78, 5) is 11.7. The minimum atomic E-state index is -3.49. The van der Waals surface area contributed by atoms with Gasteiger partial charge in [0.25, 0.3) is 0 Å². The molecule has 110 valence electrons. The molecule has 0 aliphatic carbocycles. The Morgan fingerprint density at radius 3 is 2.55 bits per heavy atom. The van der Waals surface area contributed by atoms with Crippen LogP contribution in [0.25, 0.3) is 0 Å². The minimum Gasteiger partial charge on any atom is -0.463 e. The van der Waals surface area contributed by atoms with E-state index in [1.165, 1.54) is 4.31 Å². The molecule has 1 fully saturated rings. The summed E-state index contributed by atoms with van der Waals surface area (Å²) in [6, 6.07) is 9.44. The van der Waals surface area contributed by atoms with Gasteiger partial charge in [0.15, 0.2) is 0 Å². The smallest absolute Gasteiger partial charge is 0.327 e. The molecule has 0 atom stereocenters. The monoisotopic (exact) mass is 297 g/mol. The van der Waals surface area contributed by atoms with Gasteiger partial charge < -0.3 is 4.74 Å². The molecule has 0 spiro atoms. The van der Waals surface area contributed by atoms with Crippen LogP contribution in [0.15, 0.2) is 30.3 Å². The van der Waals surface area contributed by atoms with Crippen molar-refractivity contribution in [1.82, 2.24) is 4.31 Å². The molecule has 0 amide bonds. The van der Waals surface area contributed by atoms with Gasteiger partial charge in [-0.3, -0.25) is 4.79 Å². The van der Waals surface area contributed by atoms with Gasteiger partial charge in [0.05, 0.1) is 5.75 Å². The van der Waals surface area contributed by atoms with Gasteiger partial charge in [0.1, 0.15) is 12.1 Å². The lowest BCUT2D eigenvalue weighted by Crippen LogP contribution is -2.58. The summed E-state index contributed by atoms with van der Waals surface area (Å²) in [6.07, 6.45) is 0.435. The van der Waals surface area contributed by atoms with Crippen molar-refractivity contribution in [2.75, 3.05) is 18.9 Å². The quantitative estimate of drug-likeness (QED) is 0.783. The van der Waals surface area contributed by atoms with Gasteiger partial charge in [-0.1, -0.05) is 30.3 Å². The number of esters is 1. The highest BCUT2D eigenvalue weighted by molar-refractivity contribution is 7.89. The van der Waals surface area contributed by atoms with Gasteiger partial charge in [0, 0.05) is 6.54 Å². The Kier molecular flexibility index (Phi) is 4.15. The number of carbonyl (C=O) groups is 1. The van der Waals surface area contributed by atoms with E-state index in [-0.39, 0.29) is 18.9 Å². The third-order valence-corrected chi connectivity index (χ3v) is 5.51. The zero-order valence-corrected chi connectivity index (χ0v) is 12.5. The van der Waals surface area contributed by atoms with E-state index in [9.17, 15) is 13.2 Å². The summed E-state index contributed by atoms with van der Waals surface area (Å²) in [5.74, 6) is -0.500. The number of hydrogen-bond donors (Lipinski definition) is 0. The summed E-state index contributed by atoms with van der Waals surface area (Å²) in [5.41, 5.74) is -0.165. The highest BCUT2D eigenvalue weighted by atomic mass is 32.2. The molecule has 1 heterocycles. The fourth-order valence-electron chi connectivity index (χ4n) is 2.27. The van der Waals surface area contributed by atoms with E-state index in [1.54, 1.807) is 13.8 Å². The first-order valence-electron chi connectivity index (χ1n) is 6.56. The van der Waals surface area contributed by atoms with E-state index in [1.807, 2.05) is 30.3 Å². The number of aryl methyl sites for hydroxylation is 1. The number of sulfonamides is 1. The SMILES string of the molecule is CC1(C)C(=O)OCCN1S(=O)(=O)CCc1ccccc1. The van der Waals surface area contributed by atoms with E-state index in [4.69, 9.17) is 4.74 Å². The fraction of sp³-hybridized carbons (Fsp3) is 0.500. The standard InChI is InChI=1S/C14H19NO4S/c1-14(2)13(16)19-10-9-15(14)20(17,18)11-8-12-6-4-3-5-7-12/h3-7H,8-11H2,1-2H3. The topological polar surface area (TPSA) is 63.7 Å². The van der Waals surface area contributed by atoms with E-state index < -0.39 is 21.5 Å². The maximum atomic E-state index is 12.4. The highest BCUT2D eigenvalue weighted by Gasteiger charge is 2.45. The molecule has 20 heavy (non-hydrogen) atoms. The van der Waals surface area contributed by atoms with Gasteiger partial charge in [-0.05, 0) is 25.8 Å². The number of nitrogens with zero attached hydrogens (tertiary/aromatic N) is 1. The van der Waals surface area contributed by atoms with Crippen molar-refractivity contribution < 1.29 is 17.9 Å². The average molecular weight is 297 g/mol. The molecule has 0 saturated carbocycles. The summed E-state index contributed by atoms with van der Waals surface area (Å²) in [7, 11) is -3.49. The van der Waals surface area contributed by atoms with Crippen molar-refractivity contribution >= 4 is 16.0 Å². The van der Waals surface area contributed by atoms with Crippen LogP contribution in [0.3, 0.4) is 0 Å². The summed E-state index contributed by atoms with van der Waals surface area (Å²) in [5, 5.41) is 0. The van der Waals surface area contributed by atoms with Crippen LogP contribution in [0.1, 0.15) is 19.4 Å². The molecule has 0 N–H and O–H groups in total. The predicted molar refractivity (Wildman–Crippen MR) is 75.7 cm³/mol. The first-order valence-corrected chi connectivity index (χ1v) is 8.16. The molecule has 1 aliphatic heterocycles. The molecule has 1 saturated heterocycles. The molecule has 2 rings (SSSR count). The average Bonchev–Trinajstić information content (AvgIpc) is 2.40. The van der Waals surface area contributed by atoms with E-state index in [2.05, 4.69) is 0 Å². The number of cyclic esters (lactones) is 1. The second kappa shape index (κ2) is 5.54. The Morgan fingerprint density at radius 2 is 1.90 bits per heavy atom. The number of benzene rings is 1. The van der Waals surface area contributed by atoms with Crippen molar-refractivity contribution in [2.24, 2.45) is 0 Å². The Hall–Kier alpha value is -1.40. The lowest BCUT2D eigenvalue weighted by molar-refractivity contribution is -0.160. The zero-order valence-electron chi connectivity index (χ0n) is 11.7. The van der Waals surface area contributed by atoms with Gasteiger partial charge in [-0.15, -0.1) is 0 Å². The fourth-order valence-corrected chi connectivity index (χ4v) is 4.10. The van der Waals surface area contributed by atoms with Crippen LogP contribution in [-0.2, 0) is 26.0 Å². The zero-order chi connectivity index (χ0) is 14.8. The molecule has 0 radical (unpaired) electrons. The molecular weight excluding hydrogens is 278 g/mol. The summed E-state index contributed by atoms with van der Waals surface area (Å²) >= 11 is 0. The molecule has 0 bridgehead atoms. The normalized spacial score (nSPS) is 19.6. The largest absolute Gasteiger partial charge is 0.463 e. The number of rotatable bonds is 4. The van der Waals surface area contributed by atoms with E-state index >= 15 is 0 Å². The first kappa shape index (κ1) is 15.0. The van der Waals surface area contributed by atoms with Crippen LogP contribution >= 0.6 is 0 Å². The third-order valence-electron chi connectivity index (χ3n) is 3.48. The van der Waals surface area contributed by atoms with Gasteiger partial charge >= 0.3 is 5.97 Å². The van der Waals surface area contributed by atoms with Crippen molar-refractivity contribution in [3.63, 3.8) is 0 Å². The number of carbonyl (C=O) groups excluding carboxylic acids is 1. The lowest BCUT2D eigenvalue weighted by Gasteiger charge is -2.38. The first-order chi connectivity index (χ1) is 9.34. The van der Waals surface area contributed by atoms with E-state index in [0.29, 0.717) is 6.42 Å². The lowest BCUT2D eigenvalue weighted by atomic mass is 10.1. The minimum absolute atomic E-state index is 0.00623.